The lowest BCUT2D eigenvalue weighted by Gasteiger charge is -2.08. The molecule has 0 aliphatic heterocycles. The van der Waals surface area contributed by atoms with Gasteiger partial charge in [0.25, 0.3) is 0 Å². The summed E-state index contributed by atoms with van der Waals surface area (Å²) in [6.07, 6.45) is 1.76. The van der Waals surface area contributed by atoms with Crippen LogP contribution in [0.4, 0.5) is 0 Å². The first-order valence-corrected chi connectivity index (χ1v) is 5.51. The number of hydrogen-bond donors (Lipinski definition) is 1. The second kappa shape index (κ2) is 4.55. The molecule has 0 amide bonds. The van der Waals surface area contributed by atoms with Crippen molar-refractivity contribution in [2.45, 2.75) is 26.3 Å². The second-order valence-electron chi connectivity index (χ2n) is 4.32. The molecule has 0 fully saturated rings. The third kappa shape index (κ3) is 2.22. The lowest BCUT2D eigenvalue weighted by atomic mass is 10.1. The molecule has 0 unspecified atom stereocenters. The van der Waals surface area contributed by atoms with Crippen LogP contribution in [0.2, 0.25) is 0 Å². The van der Waals surface area contributed by atoms with Crippen LogP contribution in [0, 0.1) is 0 Å². The van der Waals surface area contributed by atoms with Crippen molar-refractivity contribution in [1.82, 2.24) is 30.0 Å². The van der Waals surface area contributed by atoms with Crippen LogP contribution >= 0.6 is 0 Å². The van der Waals surface area contributed by atoms with Crippen LogP contribution in [0.5, 0.6) is 0 Å². The second-order valence-corrected chi connectivity index (χ2v) is 4.32. The van der Waals surface area contributed by atoms with Crippen LogP contribution in [0.1, 0.15) is 41.6 Å². The molecule has 0 spiro atoms. The number of rotatable bonds is 4. The van der Waals surface area contributed by atoms with Gasteiger partial charge in [0.2, 0.25) is 0 Å². The van der Waals surface area contributed by atoms with E-state index in [2.05, 4.69) is 20.6 Å². The van der Waals surface area contributed by atoms with Crippen LogP contribution in [0.15, 0.2) is 6.20 Å². The predicted molar refractivity (Wildman–Crippen MR) is 61.2 cm³/mol. The van der Waals surface area contributed by atoms with Gasteiger partial charge >= 0.3 is 5.97 Å². The standard InChI is InChI=1S/C10H14N6O2/c1-6(2)9-8(10(17)18)12-14-16(9)5-7-4-15(3)13-11-7/h4,6H,5H2,1-3H3,(H,17,18). The van der Waals surface area contributed by atoms with Crippen LogP contribution in [-0.2, 0) is 13.6 Å². The van der Waals surface area contributed by atoms with Crippen molar-refractivity contribution in [3.63, 3.8) is 0 Å². The Bertz CT molecular complexity index is 571. The van der Waals surface area contributed by atoms with E-state index in [9.17, 15) is 4.79 Å². The molecule has 2 aromatic rings. The van der Waals surface area contributed by atoms with Gasteiger partial charge in [0.1, 0.15) is 5.69 Å². The molecule has 0 radical (unpaired) electrons. The first kappa shape index (κ1) is 12.2. The Hall–Kier alpha value is -2.25. The van der Waals surface area contributed by atoms with Crippen molar-refractivity contribution in [2.24, 2.45) is 7.05 Å². The minimum Gasteiger partial charge on any atom is -0.476 e. The van der Waals surface area contributed by atoms with E-state index in [-0.39, 0.29) is 11.6 Å². The topological polar surface area (TPSA) is 98.7 Å². The lowest BCUT2D eigenvalue weighted by Crippen LogP contribution is -2.11. The van der Waals surface area contributed by atoms with Crippen molar-refractivity contribution in [2.75, 3.05) is 0 Å². The van der Waals surface area contributed by atoms with Crippen LogP contribution in [0.3, 0.4) is 0 Å². The number of carbonyl (C=O) groups is 1. The van der Waals surface area contributed by atoms with Gasteiger partial charge in [-0.05, 0) is 5.92 Å². The molecule has 0 aliphatic rings. The van der Waals surface area contributed by atoms with Crippen molar-refractivity contribution in [3.8, 4) is 0 Å². The average molecular weight is 250 g/mol. The molecule has 2 aromatic heterocycles. The van der Waals surface area contributed by atoms with Crippen molar-refractivity contribution in [1.29, 1.82) is 0 Å². The van der Waals surface area contributed by atoms with E-state index in [1.165, 1.54) is 0 Å². The van der Waals surface area contributed by atoms with Crippen molar-refractivity contribution in [3.05, 3.63) is 23.3 Å². The van der Waals surface area contributed by atoms with E-state index in [4.69, 9.17) is 5.11 Å². The number of aromatic carboxylic acids is 1. The number of aryl methyl sites for hydroxylation is 1. The van der Waals surface area contributed by atoms with E-state index in [0.717, 1.165) is 0 Å². The zero-order valence-electron chi connectivity index (χ0n) is 10.4. The Kier molecular flexibility index (Phi) is 3.09. The predicted octanol–water partition coefficient (Wildman–Crippen LogP) is 0.277. The number of carboxylic acids is 1. The van der Waals surface area contributed by atoms with E-state index < -0.39 is 5.97 Å². The zero-order valence-corrected chi connectivity index (χ0v) is 10.4. The van der Waals surface area contributed by atoms with E-state index in [1.807, 2.05) is 13.8 Å². The molecule has 1 N–H and O–H groups in total. The Labute approximate surface area is 103 Å². The summed E-state index contributed by atoms with van der Waals surface area (Å²) >= 11 is 0. The van der Waals surface area contributed by atoms with Crippen LogP contribution in [-0.4, -0.2) is 41.1 Å². The minimum atomic E-state index is -1.07. The van der Waals surface area contributed by atoms with Gasteiger partial charge in [-0.1, -0.05) is 24.3 Å². The summed E-state index contributed by atoms with van der Waals surface area (Å²) in [5.74, 6) is -1.05. The van der Waals surface area contributed by atoms with Gasteiger partial charge in [-0.3, -0.25) is 4.68 Å². The highest BCUT2D eigenvalue weighted by atomic mass is 16.4. The normalized spacial score (nSPS) is 11.1. The van der Waals surface area contributed by atoms with Gasteiger partial charge in [0.05, 0.1) is 12.2 Å². The van der Waals surface area contributed by atoms with Crippen molar-refractivity contribution < 1.29 is 9.90 Å². The number of hydrogen-bond acceptors (Lipinski definition) is 5. The summed E-state index contributed by atoms with van der Waals surface area (Å²) in [6.45, 7) is 4.16. The highest BCUT2D eigenvalue weighted by Crippen LogP contribution is 2.18. The van der Waals surface area contributed by atoms with Gasteiger partial charge in [-0.15, -0.1) is 10.2 Å². The molecule has 2 rings (SSSR count). The summed E-state index contributed by atoms with van der Waals surface area (Å²) < 4.78 is 3.14. The first-order valence-electron chi connectivity index (χ1n) is 5.51. The fraction of sp³-hybridized carbons (Fsp3) is 0.500. The number of nitrogens with zero attached hydrogens (tertiary/aromatic N) is 6. The highest BCUT2D eigenvalue weighted by Gasteiger charge is 2.21. The Morgan fingerprint density at radius 2 is 2.11 bits per heavy atom. The van der Waals surface area contributed by atoms with Gasteiger partial charge in [0, 0.05) is 13.2 Å². The van der Waals surface area contributed by atoms with Gasteiger partial charge < -0.3 is 5.11 Å². The molecule has 0 saturated heterocycles. The fourth-order valence-corrected chi connectivity index (χ4v) is 1.78. The molecule has 0 aliphatic carbocycles. The zero-order chi connectivity index (χ0) is 13.3. The summed E-state index contributed by atoms with van der Waals surface area (Å²) in [5, 5.41) is 24.4. The third-order valence-corrected chi connectivity index (χ3v) is 2.48. The summed E-state index contributed by atoms with van der Waals surface area (Å²) in [6, 6.07) is 0. The third-order valence-electron chi connectivity index (χ3n) is 2.48. The maximum absolute atomic E-state index is 11.0. The van der Waals surface area contributed by atoms with Crippen LogP contribution < -0.4 is 0 Å². The van der Waals surface area contributed by atoms with Gasteiger partial charge in [-0.2, -0.15) is 0 Å². The molecule has 2 heterocycles. The van der Waals surface area contributed by atoms with Crippen LogP contribution in [0.25, 0.3) is 0 Å². The van der Waals surface area contributed by atoms with E-state index in [1.54, 1.807) is 22.6 Å². The molecular formula is C10H14N6O2. The largest absolute Gasteiger partial charge is 0.476 e. The van der Waals surface area contributed by atoms with E-state index in [0.29, 0.717) is 17.9 Å². The molecule has 8 heteroatoms. The highest BCUT2D eigenvalue weighted by molar-refractivity contribution is 5.86. The maximum Gasteiger partial charge on any atom is 0.358 e. The Morgan fingerprint density at radius 3 is 2.61 bits per heavy atom. The maximum atomic E-state index is 11.0. The van der Waals surface area contributed by atoms with Gasteiger partial charge in [-0.25, -0.2) is 9.48 Å². The smallest absolute Gasteiger partial charge is 0.358 e. The molecule has 0 atom stereocenters. The number of carboxylic acid groups (broad SMARTS) is 1. The quantitative estimate of drug-likeness (QED) is 0.836. The molecular weight excluding hydrogens is 236 g/mol. The molecule has 8 nitrogen and oxygen atoms in total. The average Bonchev–Trinajstić information content (AvgIpc) is 2.85. The summed E-state index contributed by atoms with van der Waals surface area (Å²) in [7, 11) is 1.77. The molecule has 96 valence electrons. The SMILES string of the molecule is CC(C)c1c(C(=O)O)nnn1Cc1cn(C)nn1. The molecule has 0 aromatic carbocycles. The van der Waals surface area contributed by atoms with E-state index >= 15 is 0 Å². The molecule has 18 heavy (non-hydrogen) atoms. The monoisotopic (exact) mass is 250 g/mol. The first-order chi connectivity index (χ1) is 8.49. The summed E-state index contributed by atoms with van der Waals surface area (Å²) in [4.78, 5) is 11.0. The summed E-state index contributed by atoms with van der Waals surface area (Å²) in [5.41, 5.74) is 1.29. The minimum absolute atomic E-state index is 0.00566. The fourth-order valence-electron chi connectivity index (χ4n) is 1.78. The molecule has 0 saturated carbocycles. The Balaban J connectivity index is 2.36. The molecule has 0 bridgehead atoms. The van der Waals surface area contributed by atoms with Gasteiger partial charge in [0.15, 0.2) is 5.69 Å². The Morgan fingerprint density at radius 1 is 1.39 bits per heavy atom. The number of aromatic nitrogens is 6. The lowest BCUT2D eigenvalue weighted by molar-refractivity contribution is 0.0688. The van der Waals surface area contributed by atoms with Crippen molar-refractivity contribution >= 4 is 5.97 Å².